The van der Waals surface area contributed by atoms with E-state index < -0.39 is 6.10 Å². The van der Waals surface area contributed by atoms with E-state index in [-0.39, 0.29) is 18.3 Å². The minimum atomic E-state index is -0.777. The predicted octanol–water partition coefficient (Wildman–Crippen LogP) is 3.66. The molecule has 0 saturated carbocycles. The summed E-state index contributed by atoms with van der Waals surface area (Å²) >= 11 is 0. The number of para-hydroxylation sites is 1. The van der Waals surface area contributed by atoms with Gasteiger partial charge in [0.15, 0.2) is 6.10 Å². The molecule has 0 bridgehead atoms. The van der Waals surface area contributed by atoms with Gasteiger partial charge in [0.2, 0.25) is 0 Å². The quantitative estimate of drug-likeness (QED) is 0.611. The van der Waals surface area contributed by atoms with Crippen molar-refractivity contribution in [2.45, 2.75) is 19.4 Å². The molecule has 1 aliphatic heterocycles. The Morgan fingerprint density at radius 3 is 2.27 bits per heavy atom. The van der Waals surface area contributed by atoms with E-state index in [4.69, 9.17) is 4.74 Å². The topological polar surface area (TPSA) is 49.9 Å². The van der Waals surface area contributed by atoms with Crippen LogP contribution in [0.2, 0.25) is 0 Å². The second-order valence-electron chi connectivity index (χ2n) is 7.64. The second kappa shape index (κ2) is 8.99. The lowest BCUT2D eigenvalue weighted by Gasteiger charge is -2.37. The summed E-state index contributed by atoms with van der Waals surface area (Å²) in [5.74, 6) is -0.511. The summed E-state index contributed by atoms with van der Waals surface area (Å²) in [4.78, 5) is 29.2. The highest BCUT2D eigenvalue weighted by molar-refractivity contribution is 5.86. The van der Waals surface area contributed by atoms with Gasteiger partial charge in [0, 0.05) is 31.9 Å². The number of hydrogen-bond donors (Lipinski definition) is 0. The van der Waals surface area contributed by atoms with Gasteiger partial charge in [-0.2, -0.15) is 0 Å². The van der Waals surface area contributed by atoms with Crippen LogP contribution in [0.3, 0.4) is 0 Å². The largest absolute Gasteiger partial charge is 0.452 e. The fourth-order valence-corrected chi connectivity index (χ4v) is 3.89. The summed E-state index contributed by atoms with van der Waals surface area (Å²) in [5, 5.41) is 2.22. The lowest BCUT2D eigenvalue weighted by molar-refractivity contribution is -0.158. The lowest BCUT2D eigenvalue weighted by atomic mass is 10.1. The van der Waals surface area contributed by atoms with Gasteiger partial charge in [0.25, 0.3) is 5.91 Å². The van der Waals surface area contributed by atoms with Gasteiger partial charge in [-0.05, 0) is 35.4 Å². The molecule has 0 aliphatic carbocycles. The van der Waals surface area contributed by atoms with Gasteiger partial charge in [-0.25, -0.2) is 0 Å². The molecule has 1 amide bonds. The molecule has 1 saturated heterocycles. The normalized spacial score (nSPS) is 15.1. The van der Waals surface area contributed by atoms with Gasteiger partial charge in [-0.3, -0.25) is 9.59 Å². The smallest absolute Gasteiger partial charge is 0.311 e. The van der Waals surface area contributed by atoms with Crippen molar-refractivity contribution in [1.82, 2.24) is 4.90 Å². The molecule has 0 aromatic heterocycles. The highest BCUT2D eigenvalue weighted by atomic mass is 16.5. The van der Waals surface area contributed by atoms with E-state index >= 15 is 0 Å². The Balaban J connectivity index is 1.29. The van der Waals surface area contributed by atoms with E-state index in [1.165, 1.54) is 5.69 Å². The first-order valence-corrected chi connectivity index (χ1v) is 10.4. The molecular weight excluding hydrogens is 376 g/mol. The zero-order valence-electron chi connectivity index (χ0n) is 17.2. The van der Waals surface area contributed by atoms with Gasteiger partial charge < -0.3 is 14.5 Å². The van der Waals surface area contributed by atoms with Crippen molar-refractivity contribution in [3.05, 3.63) is 78.4 Å². The average molecular weight is 402 g/mol. The molecular formula is C25H26N2O3. The summed E-state index contributed by atoms with van der Waals surface area (Å²) < 4.78 is 5.45. The van der Waals surface area contributed by atoms with E-state index in [1.54, 1.807) is 11.8 Å². The van der Waals surface area contributed by atoms with Crippen LogP contribution in [0, 0.1) is 0 Å². The molecule has 0 radical (unpaired) electrons. The number of esters is 1. The molecule has 1 atom stereocenters. The van der Waals surface area contributed by atoms with Crippen LogP contribution >= 0.6 is 0 Å². The van der Waals surface area contributed by atoms with Crippen molar-refractivity contribution in [2.24, 2.45) is 0 Å². The third-order valence-electron chi connectivity index (χ3n) is 5.53. The number of rotatable bonds is 5. The standard InChI is InChI=1S/C25H26N2O3/c1-19(25(29)27-15-13-26(14-16-27)23-9-3-2-4-10-23)30-24(28)18-20-11-12-21-7-5-6-8-22(21)17-20/h2-12,17,19H,13-16,18H2,1H3/t19-/m1/s1. The first-order valence-electron chi connectivity index (χ1n) is 10.4. The number of nitrogens with zero attached hydrogens (tertiary/aromatic N) is 2. The molecule has 0 unspecified atom stereocenters. The van der Waals surface area contributed by atoms with E-state index in [2.05, 4.69) is 17.0 Å². The summed E-state index contributed by atoms with van der Waals surface area (Å²) in [5.41, 5.74) is 2.05. The summed E-state index contributed by atoms with van der Waals surface area (Å²) in [6.07, 6.45) is -0.620. The molecule has 1 fully saturated rings. The maximum atomic E-state index is 12.7. The van der Waals surface area contributed by atoms with Crippen LogP contribution in [0.25, 0.3) is 10.8 Å². The third kappa shape index (κ3) is 4.62. The zero-order chi connectivity index (χ0) is 20.9. The maximum absolute atomic E-state index is 12.7. The molecule has 3 aromatic rings. The van der Waals surface area contributed by atoms with Gasteiger partial charge in [-0.1, -0.05) is 60.7 Å². The number of carbonyl (C=O) groups is 2. The SMILES string of the molecule is C[C@@H](OC(=O)Cc1ccc2ccccc2c1)C(=O)N1CCN(c2ccccc2)CC1. The third-order valence-corrected chi connectivity index (χ3v) is 5.53. The van der Waals surface area contributed by atoms with E-state index in [0.29, 0.717) is 13.1 Å². The van der Waals surface area contributed by atoms with Gasteiger partial charge >= 0.3 is 5.97 Å². The predicted molar refractivity (Wildman–Crippen MR) is 118 cm³/mol. The Hall–Kier alpha value is -3.34. The molecule has 1 aliphatic rings. The molecule has 0 N–H and O–H groups in total. The Morgan fingerprint density at radius 1 is 0.867 bits per heavy atom. The number of piperazine rings is 1. The van der Waals surface area contributed by atoms with Crippen LogP contribution < -0.4 is 4.90 Å². The second-order valence-corrected chi connectivity index (χ2v) is 7.64. The Morgan fingerprint density at radius 2 is 1.53 bits per heavy atom. The van der Waals surface area contributed by atoms with Crippen molar-refractivity contribution >= 4 is 28.3 Å². The lowest BCUT2D eigenvalue weighted by Crippen LogP contribution is -2.51. The monoisotopic (exact) mass is 402 g/mol. The van der Waals surface area contributed by atoms with E-state index in [0.717, 1.165) is 29.4 Å². The molecule has 1 heterocycles. The van der Waals surface area contributed by atoms with Gasteiger partial charge in [0.1, 0.15) is 0 Å². The van der Waals surface area contributed by atoms with Crippen LogP contribution in [-0.2, 0) is 20.7 Å². The number of amides is 1. The van der Waals surface area contributed by atoms with Crippen LogP contribution in [0.1, 0.15) is 12.5 Å². The Kier molecular flexibility index (Phi) is 5.98. The molecule has 154 valence electrons. The number of fused-ring (bicyclic) bond motifs is 1. The molecule has 3 aromatic carbocycles. The Labute approximate surface area is 176 Å². The van der Waals surface area contributed by atoms with Crippen LogP contribution in [-0.4, -0.2) is 49.1 Å². The molecule has 5 nitrogen and oxygen atoms in total. The molecule has 0 spiro atoms. The number of ether oxygens (including phenoxy) is 1. The van der Waals surface area contributed by atoms with Crippen molar-refractivity contribution in [2.75, 3.05) is 31.1 Å². The van der Waals surface area contributed by atoms with Gasteiger partial charge in [-0.15, -0.1) is 0 Å². The van der Waals surface area contributed by atoms with Crippen molar-refractivity contribution in [3.8, 4) is 0 Å². The van der Waals surface area contributed by atoms with Gasteiger partial charge in [0.05, 0.1) is 6.42 Å². The van der Waals surface area contributed by atoms with Crippen molar-refractivity contribution in [3.63, 3.8) is 0 Å². The highest BCUT2D eigenvalue weighted by Crippen LogP contribution is 2.18. The fourth-order valence-electron chi connectivity index (χ4n) is 3.89. The molecule has 5 heteroatoms. The summed E-state index contributed by atoms with van der Waals surface area (Å²) in [6.45, 7) is 4.45. The number of carbonyl (C=O) groups excluding carboxylic acids is 2. The van der Waals surface area contributed by atoms with Crippen LogP contribution in [0.5, 0.6) is 0 Å². The number of benzene rings is 3. The van der Waals surface area contributed by atoms with Crippen LogP contribution in [0.15, 0.2) is 72.8 Å². The minimum Gasteiger partial charge on any atom is -0.452 e. The minimum absolute atomic E-state index is 0.130. The van der Waals surface area contributed by atoms with Crippen molar-refractivity contribution in [1.29, 1.82) is 0 Å². The highest BCUT2D eigenvalue weighted by Gasteiger charge is 2.27. The summed E-state index contributed by atoms with van der Waals surface area (Å²) in [7, 11) is 0. The fraction of sp³-hybridized carbons (Fsp3) is 0.280. The zero-order valence-corrected chi connectivity index (χ0v) is 17.2. The Bertz CT molecular complexity index is 1030. The first kappa shape index (κ1) is 20.0. The number of hydrogen-bond acceptors (Lipinski definition) is 4. The first-order chi connectivity index (χ1) is 14.6. The average Bonchev–Trinajstić information content (AvgIpc) is 2.79. The number of anilines is 1. The summed E-state index contributed by atoms with van der Waals surface area (Å²) in [6, 6.07) is 24.1. The van der Waals surface area contributed by atoms with E-state index in [1.807, 2.05) is 60.7 Å². The van der Waals surface area contributed by atoms with E-state index in [9.17, 15) is 9.59 Å². The van der Waals surface area contributed by atoms with Crippen LogP contribution in [0.4, 0.5) is 5.69 Å². The van der Waals surface area contributed by atoms with Crippen molar-refractivity contribution < 1.29 is 14.3 Å². The maximum Gasteiger partial charge on any atom is 0.311 e. The molecule has 30 heavy (non-hydrogen) atoms. The molecule has 4 rings (SSSR count).